The zero-order chi connectivity index (χ0) is 16.9. The molecule has 0 aliphatic carbocycles. The quantitative estimate of drug-likeness (QED) is 0.834. The highest BCUT2D eigenvalue weighted by Gasteiger charge is 2.25. The largest absolute Gasteiger partial charge is 0.474 e. The predicted molar refractivity (Wildman–Crippen MR) is 84.9 cm³/mol. The number of likely N-dealkylation sites (tertiary alicyclic amines) is 1. The number of aryl methyl sites for hydroxylation is 1. The van der Waals surface area contributed by atoms with Gasteiger partial charge in [-0.05, 0) is 6.92 Å². The molecule has 1 saturated heterocycles. The first kappa shape index (κ1) is 16.1. The van der Waals surface area contributed by atoms with Gasteiger partial charge in [0, 0.05) is 44.4 Å². The molecule has 0 radical (unpaired) electrons. The Kier molecular flexibility index (Phi) is 4.83. The number of nitrogens with zero attached hydrogens (tertiary/aromatic N) is 5. The van der Waals surface area contributed by atoms with E-state index >= 15 is 0 Å². The van der Waals surface area contributed by atoms with Gasteiger partial charge in [-0.25, -0.2) is 9.97 Å². The zero-order valence-electron chi connectivity index (χ0n) is 13.7. The average Bonchev–Trinajstić information content (AvgIpc) is 2.62. The topological polar surface area (TPSA) is 90.3 Å². The second kappa shape index (κ2) is 7.20. The third-order valence-corrected chi connectivity index (χ3v) is 3.81. The molecule has 3 heterocycles. The zero-order valence-corrected chi connectivity index (χ0v) is 13.7. The summed E-state index contributed by atoms with van der Waals surface area (Å²) in [5, 5.41) is 0. The summed E-state index contributed by atoms with van der Waals surface area (Å²) in [6.07, 6.45) is 6.20. The van der Waals surface area contributed by atoms with Crippen molar-refractivity contribution in [3.63, 3.8) is 0 Å². The van der Waals surface area contributed by atoms with Crippen LogP contribution >= 0.6 is 0 Å². The number of hydrogen-bond acceptors (Lipinski definition) is 7. The molecule has 0 atom stereocenters. The van der Waals surface area contributed by atoms with E-state index in [2.05, 4.69) is 19.9 Å². The molecular weight excluding hydrogens is 310 g/mol. The Labute approximate surface area is 139 Å². The van der Waals surface area contributed by atoms with Crippen molar-refractivity contribution in [3.05, 3.63) is 36.0 Å². The first-order valence-electron chi connectivity index (χ1n) is 7.77. The van der Waals surface area contributed by atoms with Gasteiger partial charge in [0.05, 0.1) is 19.0 Å². The van der Waals surface area contributed by atoms with Crippen LogP contribution in [0.4, 0.5) is 0 Å². The van der Waals surface area contributed by atoms with E-state index in [-0.39, 0.29) is 18.0 Å². The van der Waals surface area contributed by atoms with Crippen molar-refractivity contribution in [3.8, 4) is 11.9 Å². The number of amides is 1. The van der Waals surface area contributed by atoms with Gasteiger partial charge in [0.25, 0.3) is 5.91 Å². The molecule has 8 heteroatoms. The van der Waals surface area contributed by atoms with Crippen LogP contribution in [0.3, 0.4) is 0 Å². The van der Waals surface area contributed by atoms with Gasteiger partial charge in [-0.1, -0.05) is 0 Å². The van der Waals surface area contributed by atoms with Gasteiger partial charge in [-0.15, -0.1) is 0 Å². The monoisotopic (exact) mass is 329 g/mol. The maximum absolute atomic E-state index is 12.4. The Bertz CT molecular complexity index is 699. The van der Waals surface area contributed by atoms with Crippen LogP contribution < -0.4 is 9.47 Å². The lowest BCUT2D eigenvalue weighted by Crippen LogP contribution is -2.42. The highest BCUT2D eigenvalue weighted by molar-refractivity contribution is 5.92. The van der Waals surface area contributed by atoms with Crippen LogP contribution in [0.2, 0.25) is 0 Å². The minimum absolute atomic E-state index is 0.0118. The molecule has 24 heavy (non-hydrogen) atoms. The molecule has 0 bridgehead atoms. The van der Waals surface area contributed by atoms with E-state index in [0.717, 1.165) is 18.5 Å². The first-order valence-corrected chi connectivity index (χ1v) is 7.77. The molecule has 1 fully saturated rings. The Hall–Kier alpha value is -2.77. The summed E-state index contributed by atoms with van der Waals surface area (Å²) in [4.78, 5) is 30.5. The molecule has 0 unspecified atom stereocenters. The lowest BCUT2D eigenvalue weighted by molar-refractivity contribution is 0.0581. The van der Waals surface area contributed by atoms with E-state index in [1.54, 1.807) is 23.4 Å². The molecule has 0 aromatic carbocycles. The summed E-state index contributed by atoms with van der Waals surface area (Å²) in [6, 6.07) is 1.97. The first-order chi connectivity index (χ1) is 11.7. The van der Waals surface area contributed by atoms with Gasteiger partial charge >= 0.3 is 6.01 Å². The van der Waals surface area contributed by atoms with E-state index in [0.29, 0.717) is 24.7 Å². The molecule has 0 spiro atoms. The number of ether oxygens (including phenoxy) is 2. The molecule has 2 aromatic heterocycles. The normalized spacial score (nSPS) is 15.2. The lowest BCUT2D eigenvalue weighted by atomic mass is 10.1. The second-order valence-corrected chi connectivity index (χ2v) is 5.53. The smallest absolute Gasteiger partial charge is 0.319 e. The summed E-state index contributed by atoms with van der Waals surface area (Å²) in [6.45, 7) is 3.06. The third kappa shape index (κ3) is 3.76. The summed E-state index contributed by atoms with van der Waals surface area (Å²) in [7, 11) is 1.51. The maximum atomic E-state index is 12.4. The van der Waals surface area contributed by atoms with Crippen LogP contribution in [0, 0.1) is 6.92 Å². The number of aromatic nitrogens is 4. The van der Waals surface area contributed by atoms with Crippen molar-refractivity contribution in [2.24, 2.45) is 0 Å². The number of carbonyl (C=O) groups excluding carboxylic acids is 1. The fourth-order valence-electron chi connectivity index (χ4n) is 2.50. The second-order valence-electron chi connectivity index (χ2n) is 5.53. The minimum Gasteiger partial charge on any atom is -0.474 e. The summed E-state index contributed by atoms with van der Waals surface area (Å²) < 4.78 is 10.8. The average molecular weight is 329 g/mol. The molecule has 8 nitrogen and oxygen atoms in total. The van der Waals surface area contributed by atoms with Crippen LogP contribution in [0.5, 0.6) is 11.9 Å². The van der Waals surface area contributed by atoms with E-state index in [1.807, 2.05) is 6.92 Å². The molecule has 1 aliphatic heterocycles. The van der Waals surface area contributed by atoms with Gasteiger partial charge in [-0.2, -0.15) is 4.98 Å². The van der Waals surface area contributed by atoms with E-state index in [9.17, 15) is 4.79 Å². The highest BCUT2D eigenvalue weighted by atomic mass is 16.5. The number of hydrogen-bond donors (Lipinski definition) is 0. The maximum Gasteiger partial charge on any atom is 0.319 e. The molecule has 1 aliphatic rings. The molecule has 2 aromatic rings. The Balaban J connectivity index is 1.55. The predicted octanol–water partition coefficient (Wildman–Crippen LogP) is 1.27. The van der Waals surface area contributed by atoms with Crippen LogP contribution in [0.1, 0.15) is 29.0 Å². The van der Waals surface area contributed by atoms with Crippen LogP contribution in [-0.4, -0.2) is 57.0 Å². The molecule has 0 N–H and O–H groups in total. The number of piperidine rings is 1. The van der Waals surface area contributed by atoms with E-state index in [1.165, 1.54) is 13.3 Å². The Morgan fingerprint density at radius 2 is 2.00 bits per heavy atom. The molecule has 126 valence electrons. The van der Waals surface area contributed by atoms with Crippen molar-refractivity contribution >= 4 is 5.91 Å². The third-order valence-electron chi connectivity index (χ3n) is 3.81. The molecular formula is C16H19N5O3. The van der Waals surface area contributed by atoms with Gasteiger partial charge < -0.3 is 14.4 Å². The van der Waals surface area contributed by atoms with Crippen molar-refractivity contribution in [2.75, 3.05) is 20.2 Å². The van der Waals surface area contributed by atoms with Crippen molar-refractivity contribution in [1.82, 2.24) is 24.8 Å². The van der Waals surface area contributed by atoms with Gasteiger partial charge in [0.1, 0.15) is 11.8 Å². The van der Waals surface area contributed by atoms with Gasteiger partial charge in [-0.3, -0.25) is 9.78 Å². The van der Waals surface area contributed by atoms with E-state index < -0.39 is 0 Å². The van der Waals surface area contributed by atoms with E-state index in [4.69, 9.17) is 9.47 Å². The number of methoxy groups -OCH3 is 1. The van der Waals surface area contributed by atoms with Crippen molar-refractivity contribution in [1.29, 1.82) is 0 Å². The SMILES string of the molecule is COc1nccc(OC2CCN(C(=O)c3cnc(C)cn3)CC2)n1. The molecule has 0 saturated carbocycles. The number of carbonyl (C=O) groups is 1. The van der Waals surface area contributed by atoms with Crippen LogP contribution in [-0.2, 0) is 0 Å². The standard InChI is InChI=1S/C16H19N5O3/c1-11-9-19-13(10-18-11)15(22)21-7-4-12(5-8-21)24-14-3-6-17-16(20-14)23-2/h3,6,9-10,12H,4-5,7-8H2,1-2H3. The summed E-state index contributed by atoms with van der Waals surface area (Å²) in [5.41, 5.74) is 1.17. The Morgan fingerprint density at radius 3 is 2.67 bits per heavy atom. The fourth-order valence-corrected chi connectivity index (χ4v) is 2.50. The summed E-state index contributed by atoms with van der Waals surface area (Å²) in [5.74, 6) is 0.390. The number of rotatable bonds is 4. The fraction of sp³-hybridized carbons (Fsp3) is 0.438. The Morgan fingerprint density at radius 1 is 1.21 bits per heavy atom. The van der Waals surface area contributed by atoms with Crippen LogP contribution in [0.15, 0.2) is 24.7 Å². The van der Waals surface area contributed by atoms with Crippen molar-refractivity contribution in [2.45, 2.75) is 25.9 Å². The van der Waals surface area contributed by atoms with Crippen molar-refractivity contribution < 1.29 is 14.3 Å². The van der Waals surface area contributed by atoms with Crippen LogP contribution in [0.25, 0.3) is 0 Å². The van der Waals surface area contributed by atoms with Gasteiger partial charge in [0.2, 0.25) is 5.88 Å². The lowest BCUT2D eigenvalue weighted by Gasteiger charge is -2.31. The minimum atomic E-state index is -0.0929. The molecule has 1 amide bonds. The van der Waals surface area contributed by atoms with Gasteiger partial charge in [0.15, 0.2) is 0 Å². The highest BCUT2D eigenvalue weighted by Crippen LogP contribution is 2.19. The molecule has 3 rings (SSSR count). The summed E-state index contributed by atoms with van der Waals surface area (Å²) >= 11 is 0.